The highest BCUT2D eigenvalue weighted by Gasteiger charge is 2.11. The van der Waals surface area contributed by atoms with Gasteiger partial charge in [0.1, 0.15) is 0 Å². The van der Waals surface area contributed by atoms with Crippen LogP contribution in [0.1, 0.15) is 17.0 Å². The standard InChI is InChI=1S/C17H14Cl2N4S/c1-24-17-22-21-15(10-12-6-3-2-4-7-12)23(17)20-11-13-8-5-9-14(18)16(13)19/h2-9,11H,10H2,1H3/b20-11-. The van der Waals surface area contributed by atoms with E-state index in [1.54, 1.807) is 17.0 Å². The molecule has 7 heteroatoms. The van der Waals surface area contributed by atoms with E-state index in [9.17, 15) is 0 Å². The summed E-state index contributed by atoms with van der Waals surface area (Å²) in [7, 11) is 0. The number of thioether (sulfide) groups is 1. The maximum Gasteiger partial charge on any atom is 0.211 e. The van der Waals surface area contributed by atoms with Crippen molar-refractivity contribution < 1.29 is 0 Å². The van der Waals surface area contributed by atoms with E-state index < -0.39 is 0 Å². The molecule has 0 saturated heterocycles. The number of halogens is 2. The minimum absolute atomic E-state index is 0.478. The normalized spacial score (nSPS) is 11.3. The van der Waals surface area contributed by atoms with Gasteiger partial charge < -0.3 is 0 Å². The lowest BCUT2D eigenvalue weighted by molar-refractivity contribution is 0.730. The maximum absolute atomic E-state index is 6.21. The molecule has 3 aromatic rings. The van der Waals surface area contributed by atoms with E-state index in [2.05, 4.69) is 27.4 Å². The molecule has 0 amide bonds. The fourth-order valence-corrected chi connectivity index (χ4v) is 2.97. The van der Waals surface area contributed by atoms with Crippen LogP contribution in [0.15, 0.2) is 58.8 Å². The van der Waals surface area contributed by atoms with Gasteiger partial charge in [-0.15, -0.1) is 10.2 Å². The van der Waals surface area contributed by atoms with Gasteiger partial charge in [-0.25, -0.2) is 0 Å². The lowest BCUT2D eigenvalue weighted by atomic mass is 10.1. The quantitative estimate of drug-likeness (QED) is 0.475. The van der Waals surface area contributed by atoms with Crippen molar-refractivity contribution in [2.45, 2.75) is 11.6 Å². The second kappa shape index (κ2) is 7.83. The van der Waals surface area contributed by atoms with Gasteiger partial charge in [0.2, 0.25) is 5.16 Å². The van der Waals surface area contributed by atoms with Crippen molar-refractivity contribution in [1.82, 2.24) is 14.9 Å². The molecule has 2 aromatic carbocycles. The summed E-state index contributed by atoms with van der Waals surface area (Å²) in [6.45, 7) is 0. The van der Waals surface area contributed by atoms with Crippen molar-refractivity contribution in [2.24, 2.45) is 5.10 Å². The molecule has 3 rings (SSSR count). The van der Waals surface area contributed by atoms with Crippen LogP contribution < -0.4 is 0 Å². The third kappa shape index (κ3) is 3.80. The van der Waals surface area contributed by atoms with E-state index in [0.717, 1.165) is 22.1 Å². The molecule has 1 aromatic heterocycles. The molecule has 122 valence electrons. The lowest BCUT2D eigenvalue weighted by Crippen LogP contribution is -2.01. The van der Waals surface area contributed by atoms with Crippen molar-refractivity contribution >= 4 is 41.2 Å². The molecule has 1 heterocycles. The minimum Gasteiger partial charge on any atom is -0.191 e. The third-order valence-corrected chi connectivity index (χ3v) is 4.81. The van der Waals surface area contributed by atoms with E-state index in [4.69, 9.17) is 23.2 Å². The molecule has 0 fully saturated rings. The van der Waals surface area contributed by atoms with Crippen molar-refractivity contribution in [3.63, 3.8) is 0 Å². The first-order chi connectivity index (χ1) is 11.7. The molecule has 0 atom stereocenters. The molecular formula is C17H14Cl2N4S. The Morgan fingerprint density at radius 3 is 2.62 bits per heavy atom. The van der Waals surface area contributed by atoms with Gasteiger partial charge in [-0.2, -0.15) is 9.78 Å². The molecule has 0 aliphatic carbocycles. The molecule has 4 nitrogen and oxygen atoms in total. The minimum atomic E-state index is 0.478. The fourth-order valence-electron chi connectivity index (χ4n) is 2.17. The monoisotopic (exact) mass is 376 g/mol. The van der Waals surface area contributed by atoms with Crippen LogP contribution in [-0.2, 0) is 6.42 Å². The summed E-state index contributed by atoms with van der Waals surface area (Å²) in [5.74, 6) is 0.764. The van der Waals surface area contributed by atoms with Crippen LogP contribution >= 0.6 is 35.0 Å². The van der Waals surface area contributed by atoms with E-state index in [1.165, 1.54) is 11.8 Å². The summed E-state index contributed by atoms with van der Waals surface area (Å²) in [5, 5.41) is 14.6. The highest BCUT2D eigenvalue weighted by Crippen LogP contribution is 2.24. The smallest absolute Gasteiger partial charge is 0.191 e. The van der Waals surface area contributed by atoms with Crippen LogP contribution in [-0.4, -0.2) is 27.3 Å². The number of hydrogen-bond acceptors (Lipinski definition) is 4. The van der Waals surface area contributed by atoms with Crippen LogP contribution in [0.3, 0.4) is 0 Å². The number of rotatable bonds is 5. The number of benzene rings is 2. The molecule has 0 N–H and O–H groups in total. The first-order valence-electron chi connectivity index (χ1n) is 7.19. The zero-order valence-corrected chi connectivity index (χ0v) is 15.2. The first-order valence-corrected chi connectivity index (χ1v) is 9.17. The molecular weight excluding hydrogens is 363 g/mol. The average Bonchev–Trinajstić information content (AvgIpc) is 2.99. The summed E-state index contributed by atoms with van der Waals surface area (Å²) in [6, 6.07) is 15.5. The first kappa shape index (κ1) is 17.0. The Balaban J connectivity index is 1.93. The van der Waals surface area contributed by atoms with E-state index in [-0.39, 0.29) is 0 Å². The molecule has 0 saturated carbocycles. The Kier molecular flexibility index (Phi) is 5.56. The van der Waals surface area contributed by atoms with Crippen LogP contribution in [0, 0.1) is 0 Å². The van der Waals surface area contributed by atoms with Gasteiger partial charge in [0.15, 0.2) is 5.82 Å². The Bertz CT molecular complexity index is 862. The van der Waals surface area contributed by atoms with Crippen molar-refractivity contribution in [2.75, 3.05) is 6.26 Å². The van der Waals surface area contributed by atoms with Crippen LogP contribution in [0.25, 0.3) is 0 Å². The van der Waals surface area contributed by atoms with Crippen LogP contribution in [0.2, 0.25) is 10.0 Å². The van der Waals surface area contributed by atoms with Gasteiger partial charge in [-0.3, -0.25) is 0 Å². The van der Waals surface area contributed by atoms with Gasteiger partial charge >= 0.3 is 0 Å². The van der Waals surface area contributed by atoms with Crippen LogP contribution in [0.4, 0.5) is 0 Å². The predicted octanol–water partition coefficient (Wildman–Crippen LogP) is 4.78. The van der Waals surface area contributed by atoms with Crippen molar-refractivity contribution in [3.05, 3.63) is 75.5 Å². The van der Waals surface area contributed by atoms with Gasteiger partial charge in [0.05, 0.1) is 16.3 Å². The van der Waals surface area contributed by atoms with Gasteiger partial charge in [-0.1, -0.05) is 77.4 Å². The predicted molar refractivity (Wildman–Crippen MR) is 101 cm³/mol. The molecule has 0 bridgehead atoms. The second-order valence-electron chi connectivity index (χ2n) is 4.96. The zero-order valence-electron chi connectivity index (χ0n) is 12.9. The second-order valence-corrected chi connectivity index (χ2v) is 6.52. The summed E-state index contributed by atoms with van der Waals surface area (Å²) >= 11 is 13.7. The number of nitrogens with zero attached hydrogens (tertiary/aromatic N) is 4. The highest BCUT2D eigenvalue weighted by atomic mass is 35.5. The molecule has 24 heavy (non-hydrogen) atoms. The number of aromatic nitrogens is 3. The molecule has 0 aliphatic heterocycles. The summed E-state index contributed by atoms with van der Waals surface area (Å²) in [5.41, 5.74) is 1.89. The zero-order chi connectivity index (χ0) is 16.9. The average molecular weight is 377 g/mol. The van der Waals surface area contributed by atoms with Gasteiger partial charge in [0.25, 0.3) is 0 Å². The summed E-state index contributed by atoms with van der Waals surface area (Å²) in [4.78, 5) is 0. The third-order valence-electron chi connectivity index (χ3n) is 3.36. The molecule has 0 spiro atoms. The number of hydrogen-bond donors (Lipinski definition) is 0. The fraction of sp³-hybridized carbons (Fsp3) is 0.118. The van der Waals surface area contributed by atoms with E-state index in [1.807, 2.05) is 36.6 Å². The van der Waals surface area contributed by atoms with Crippen molar-refractivity contribution in [3.8, 4) is 0 Å². The maximum atomic E-state index is 6.21. The Hall–Kier alpha value is -1.82. The summed E-state index contributed by atoms with van der Waals surface area (Å²) in [6.07, 6.45) is 4.26. The van der Waals surface area contributed by atoms with Crippen molar-refractivity contribution in [1.29, 1.82) is 0 Å². The Morgan fingerprint density at radius 1 is 1.08 bits per heavy atom. The SMILES string of the molecule is CSc1nnc(Cc2ccccc2)n1/N=C\c1cccc(Cl)c1Cl. The van der Waals surface area contributed by atoms with E-state index in [0.29, 0.717) is 16.5 Å². The van der Waals surface area contributed by atoms with Gasteiger partial charge in [-0.05, 0) is 17.9 Å². The molecule has 0 aliphatic rings. The summed E-state index contributed by atoms with van der Waals surface area (Å²) < 4.78 is 1.73. The van der Waals surface area contributed by atoms with Gasteiger partial charge in [0, 0.05) is 12.0 Å². The lowest BCUT2D eigenvalue weighted by Gasteiger charge is -2.04. The topological polar surface area (TPSA) is 43.1 Å². The van der Waals surface area contributed by atoms with E-state index >= 15 is 0 Å². The Morgan fingerprint density at radius 2 is 1.88 bits per heavy atom. The largest absolute Gasteiger partial charge is 0.211 e. The Labute approximate surface area is 154 Å². The van der Waals surface area contributed by atoms with Crippen LogP contribution in [0.5, 0.6) is 0 Å². The molecule has 0 radical (unpaired) electrons. The molecule has 0 unspecified atom stereocenters. The highest BCUT2D eigenvalue weighted by molar-refractivity contribution is 7.98.